The van der Waals surface area contributed by atoms with Gasteiger partial charge in [-0.05, 0) is 75.4 Å². The Labute approximate surface area is 219 Å². The van der Waals surface area contributed by atoms with Gasteiger partial charge >= 0.3 is 6.09 Å². The summed E-state index contributed by atoms with van der Waals surface area (Å²) in [6.07, 6.45) is 2.44. The standard InChI is InChI=1S/C28H35N3O5S/c1-5-37(34,35)23-15-13-20(14-16-23)24(17-18-29)30-26(32)22-11-9-21(10-12-22)25-8-6-7-19-31(25)27(33)36-28(2,3)4/h9-16,24-25H,5-8,17,19H2,1-4H3,(H,30,32)/t24-,25?/m0/s1. The Morgan fingerprint density at radius 3 is 2.32 bits per heavy atom. The van der Waals surface area contributed by atoms with Crippen molar-refractivity contribution in [2.45, 2.75) is 76.0 Å². The molecule has 9 heteroatoms. The van der Waals surface area contributed by atoms with Crippen molar-refractivity contribution in [2.75, 3.05) is 12.3 Å². The van der Waals surface area contributed by atoms with Crippen LogP contribution in [0.5, 0.6) is 0 Å². The summed E-state index contributed by atoms with van der Waals surface area (Å²) < 4.78 is 29.8. The van der Waals surface area contributed by atoms with Gasteiger partial charge in [0.05, 0.1) is 35.2 Å². The van der Waals surface area contributed by atoms with Crippen LogP contribution < -0.4 is 5.32 Å². The van der Waals surface area contributed by atoms with Crippen LogP contribution in [-0.2, 0) is 14.6 Å². The van der Waals surface area contributed by atoms with E-state index < -0.39 is 21.5 Å². The third kappa shape index (κ3) is 7.32. The molecular formula is C28H35N3O5S. The molecule has 0 saturated carbocycles. The molecule has 8 nitrogen and oxygen atoms in total. The third-order valence-corrected chi connectivity index (χ3v) is 8.06. The summed E-state index contributed by atoms with van der Waals surface area (Å²) >= 11 is 0. The average Bonchev–Trinajstić information content (AvgIpc) is 2.87. The van der Waals surface area contributed by atoms with E-state index in [4.69, 9.17) is 4.74 Å². The first-order valence-electron chi connectivity index (χ1n) is 12.6. The highest BCUT2D eigenvalue weighted by Crippen LogP contribution is 2.32. The predicted octanol–water partition coefficient (Wildman–Crippen LogP) is 5.33. The Hall–Kier alpha value is -3.38. The molecule has 1 N–H and O–H groups in total. The van der Waals surface area contributed by atoms with Crippen LogP contribution in [-0.4, -0.2) is 43.2 Å². The zero-order valence-electron chi connectivity index (χ0n) is 21.9. The molecule has 1 unspecified atom stereocenters. The van der Waals surface area contributed by atoms with Crippen LogP contribution in [0.25, 0.3) is 0 Å². The van der Waals surface area contributed by atoms with E-state index in [2.05, 4.69) is 11.4 Å². The van der Waals surface area contributed by atoms with Crippen LogP contribution >= 0.6 is 0 Å². The summed E-state index contributed by atoms with van der Waals surface area (Å²) in [5.41, 5.74) is 1.43. The molecule has 198 valence electrons. The summed E-state index contributed by atoms with van der Waals surface area (Å²) in [5.74, 6) is -0.346. The Balaban J connectivity index is 1.74. The van der Waals surface area contributed by atoms with Crippen LogP contribution in [0.15, 0.2) is 53.4 Å². The lowest BCUT2D eigenvalue weighted by Gasteiger charge is -2.37. The maximum Gasteiger partial charge on any atom is 0.410 e. The van der Waals surface area contributed by atoms with E-state index in [9.17, 15) is 23.3 Å². The van der Waals surface area contributed by atoms with Crippen LogP contribution in [0.1, 0.15) is 86.9 Å². The number of hydrogen-bond acceptors (Lipinski definition) is 6. The Morgan fingerprint density at radius 1 is 1.11 bits per heavy atom. The van der Waals surface area contributed by atoms with Gasteiger partial charge in [-0.25, -0.2) is 13.2 Å². The fourth-order valence-corrected chi connectivity index (χ4v) is 5.22. The number of nitrogens with one attached hydrogen (secondary N) is 1. The third-order valence-electron chi connectivity index (χ3n) is 6.31. The van der Waals surface area contributed by atoms with E-state index in [1.807, 2.05) is 32.9 Å². The molecule has 1 saturated heterocycles. The summed E-state index contributed by atoms with van der Waals surface area (Å²) in [6.45, 7) is 7.74. The first-order chi connectivity index (χ1) is 17.4. The van der Waals surface area contributed by atoms with E-state index in [0.29, 0.717) is 17.7 Å². The lowest BCUT2D eigenvalue weighted by atomic mass is 9.94. The molecule has 0 aliphatic carbocycles. The number of likely N-dealkylation sites (tertiary alicyclic amines) is 1. The van der Waals surface area contributed by atoms with Crippen LogP contribution in [0, 0.1) is 11.3 Å². The fraction of sp³-hybridized carbons (Fsp3) is 0.464. The number of rotatable bonds is 7. The number of benzene rings is 2. The van der Waals surface area contributed by atoms with Crippen molar-refractivity contribution in [1.29, 1.82) is 5.26 Å². The number of ether oxygens (including phenoxy) is 1. The zero-order valence-corrected chi connectivity index (χ0v) is 22.7. The molecule has 1 aliphatic heterocycles. The Bertz CT molecular complexity index is 1240. The number of sulfone groups is 1. The first kappa shape index (κ1) is 28.2. The van der Waals surface area contributed by atoms with E-state index in [1.54, 1.807) is 36.1 Å². The van der Waals surface area contributed by atoms with Gasteiger partial charge < -0.3 is 15.0 Å². The molecule has 1 fully saturated rings. The molecule has 2 atom stereocenters. The Kier molecular flexibility index (Phi) is 8.98. The number of piperidine rings is 1. The molecule has 3 rings (SSSR count). The SMILES string of the molecule is CCS(=O)(=O)c1ccc([C@H](CC#N)NC(=O)c2ccc(C3CCCCN3C(=O)OC(C)(C)C)cc2)cc1. The van der Waals surface area contributed by atoms with Gasteiger partial charge in [-0.2, -0.15) is 5.26 Å². The summed E-state index contributed by atoms with van der Waals surface area (Å²) in [6, 6.07) is 14.8. The molecule has 0 spiro atoms. The number of hydrogen-bond donors (Lipinski definition) is 1. The normalized spacial score (nSPS) is 16.9. The van der Waals surface area contributed by atoms with Gasteiger partial charge in [0.15, 0.2) is 9.84 Å². The highest BCUT2D eigenvalue weighted by Gasteiger charge is 2.31. The van der Waals surface area contributed by atoms with Crippen molar-refractivity contribution in [2.24, 2.45) is 0 Å². The number of carbonyl (C=O) groups is 2. The first-order valence-corrected chi connectivity index (χ1v) is 14.2. The van der Waals surface area contributed by atoms with Crippen molar-refractivity contribution < 1.29 is 22.7 Å². The van der Waals surface area contributed by atoms with Gasteiger partial charge in [0, 0.05) is 12.1 Å². The van der Waals surface area contributed by atoms with Gasteiger partial charge in [-0.3, -0.25) is 4.79 Å². The van der Waals surface area contributed by atoms with Crippen molar-refractivity contribution in [1.82, 2.24) is 10.2 Å². The quantitative estimate of drug-likeness (QED) is 0.522. The molecule has 37 heavy (non-hydrogen) atoms. The lowest BCUT2D eigenvalue weighted by Crippen LogP contribution is -2.41. The largest absolute Gasteiger partial charge is 0.444 e. The Morgan fingerprint density at radius 2 is 1.76 bits per heavy atom. The summed E-state index contributed by atoms with van der Waals surface area (Å²) in [4.78, 5) is 27.7. The van der Waals surface area contributed by atoms with Crippen molar-refractivity contribution in [3.63, 3.8) is 0 Å². The van der Waals surface area contributed by atoms with Crippen molar-refractivity contribution in [3.8, 4) is 6.07 Å². The lowest BCUT2D eigenvalue weighted by molar-refractivity contribution is 0.00949. The molecule has 2 aromatic rings. The summed E-state index contributed by atoms with van der Waals surface area (Å²) in [5, 5.41) is 12.2. The van der Waals surface area contributed by atoms with Crippen LogP contribution in [0.4, 0.5) is 4.79 Å². The minimum absolute atomic E-state index is 0.00288. The topological polar surface area (TPSA) is 117 Å². The minimum Gasteiger partial charge on any atom is -0.444 e. The number of nitrogens with zero attached hydrogens (tertiary/aromatic N) is 2. The van der Waals surface area contributed by atoms with Gasteiger partial charge in [-0.1, -0.05) is 31.2 Å². The van der Waals surface area contributed by atoms with Gasteiger partial charge in [-0.15, -0.1) is 0 Å². The van der Waals surface area contributed by atoms with Crippen molar-refractivity contribution in [3.05, 3.63) is 65.2 Å². The van der Waals surface area contributed by atoms with E-state index in [0.717, 1.165) is 24.8 Å². The number of carbonyl (C=O) groups excluding carboxylic acids is 2. The highest BCUT2D eigenvalue weighted by atomic mass is 32.2. The molecule has 0 aromatic heterocycles. The van der Waals surface area contributed by atoms with E-state index in [-0.39, 0.29) is 35.1 Å². The highest BCUT2D eigenvalue weighted by molar-refractivity contribution is 7.91. The second-order valence-corrected chi connectivity index (χ2v) is 12.4. The molecule has 2 aromatic carbocycles. The second-order valence-electron chi connectivity index (χ2n) is 10.2. The molecule has 0 radical (unpaired) electrons. The van der Waals surface area contributed by atoms with Gasteiger partial charge in [0.1, 0.15) is 5.60 Å². The maximum atomic E-state index is 13.0. The smallest absolute Gasteiger partial charge is 0.410 e. The number of amides is 2. The monoisotopic (exact) mass is 525 g/mol. The van der Waals surface area contributed by atoms with Gasteiger partial charge in [0.2, 0.25) is 0 Å². The average molecular weight is 526 g/mol. The molecule has 1 aliphatic rings. The van der Waals surface area contributed by atoms with E-state index >= 15 is 0 Å². The van der Waals surface area contributed by atoms with Crippen molar-refractivity contribution >= 4 is 21.8 Å². The van der Waals surface area contributed by atoms with E-state index in [1.165, 1.54) is 12.1 Å². The van der Waals surface area contributed by atoms with Gasteiger partial charge in [0.25, 0.3) is 5.91 Å². The summed E-state index contributed by atoms with van der Waals surface area (Å²) in [7, 11) is -3.34. The van der Waals surface area contributed by atoms with Crippen LogP contribution in [0.3, 0.4) is 0 Å². The fourth-order valence-electron chi connectivity index (χ4n) is 4.33. The maximum absolute atomic E-state index is 13.0. The molecule has 1 heterocycles. The predicted molar refractivity (Wildman–Crippen MR) is 141 cm³/mol. The molecular weight excluding hydrogens is 490 g/mol. The minimum atomic E-state index is -3.34. The van der Waals surface area contributed by atoms with Crippen LogP contribution in [0.2, 0.25) is 0 Å². The number of nitriles is 1. The molecule has 2 amide bonds. The second kappa shape index (κ2) is 11.8. The zero-order chi connectivity index (χ0) is 27.2. The molecule has 0 bridgehead atoms.